The van der Waals surface area contributed by atoms with Gasteiger partial charge < -0.3 is 4.42 Å². The molecule has 7 nitrogen and oxygen atoms in total. The highest BCUT2D eigenvalue weighted by atomic mass is 16.6. The number of rotatable bonds is 3. The SMILES string of the molecule is O=[N+]([O-])c1ccc2nc(Nc3ccccn3)oc2c1. The Balaban J connectivity index is 1.95. The van der Waals surface area contributed by atoms with Gasteiger partial charge in [-0.15, -0.1) is 0 Å². The van der Waals surface area contributed by atoms with Crippen LogP contribution in [0.4, 0.5) is 17.5 Å². The Morgan fingerprint density at radius 1 is 1.26 bits per heavy atom. The van der Waals surface area contributed by atoms with Crippen molar-refractivity contribution in [2.45, 2.75) is 0 Å². The van der Waals surface area contributed by atoms with E-state index in [4.69, 9.17) is 4.42 Å². The summed E-state index contributed by atoms with van der Waals surface area (Å²) in [5.41, 5.74) is 0.865. The van der Waals surface area contributed by atoms with Crippen LogP contribution < -0.4 is 5.32 Å². The maximum Gasteiger partial charge on any atom is 0.301 e. The van der Waals surface area contributed by atoms with E-state index in [-0.39, 0.29) is 11.7 Å². The molecule has 0 spiro atoms. The number of nitrogens with one attached hydrogen (secondary N) is 1. The summed E-state index contributed by atoms with van der Waals surface area (Å²) in [4.78, 5) is 18.4. The standard InChI is InChI=1S/C12H8N4O3/c17-16(18)8-4-5-9-10(7-8)19-12(14-9)15-11-3-1-2-6-13-11/h1-7H,(H,13,14,15). The molecule has 19 heavy (non-hydrogen) atoms. The first-order chi connectivity index (χ1) is 9.22. The normalized spacial score (nSPS) is 10.5. The Kier molecular flexibility index (Phi) is 2.57. The van der Waals surface area contributed by atoms with Gasteiger partial charge in [0.1, 0.15) is 11.3 Å². The molecule has 2 aromatic heterocycles. The Hall–Kier alpha value is -2.96. The Morgan fingerprint density at radius 3 is 2.89 bits per heavy atom. The van der Waals surface area contributed by atoms with Crippen LogP contribution in [0, 0.1) is 10.1 Å². The maximum absolute atomic E-state index is 10.7. The van der Waals surface area contributed by atoms with E-state index in [1.54, 1.807) is 24.4 Å². The highest BCUT2D eigenvalue weighted by Crippen LogP contribution is 2.24. The number of aromatic nitrogens is 2. The zero-order valence-corrected chi connectivity index (χ0v) is 9.61. The second-order valence-electron chi connectivity index (χ2n) is 3.77. The van der Waals surface area contributed by atoms with Gasteiger partial charge in [0, 0.05) is 12.3 Å². The van der Waals surface area contributed by atoms with E-state index in [9.17, 15) is 10.1 Å². The molecular formula is C12H8N4O3. The Labute approximate surface area is 107 Å². The van der Waals surface area contributed by atoms with Gasteiger partial charge in [0.2, 0.25) is 0 Å². The molecule has 0 aliphatic carbocycles. The van der Waals surface area contributed by atoms with Crippen LogP contribution in [0.5, 0.6) is 0 Å². The summed E-state index contributed by atoms with van der Waals surface area (Å²) in [6.45, 7) is 0. The van der Waals surface area contributed by atoms with Crippen LogP contribution >= 0.6 is 0 Å². The lowest BCUT2D eigenvalue weighted by atomic mass is 10.3. The second-order valence-corrected chi connectivity index (χ2v) is 3.77. The number of pyridine rings is 1. The minimum atomic E-state index is -0.478. The number of hydrogen-bond donors (Lipinski definition) is 1. The fourth-order valence-corrected chi connectivity index (χ4v) is 1.63. The molecule has 0 saturated heterocycles. The molecule has 94 valence electrons. The van der Waals surface area contributed by atoms with Crippen LogP contribution in [-0.4, -0.2) is 14.9 Å². The summed E-state index contributed by atoms with van der Waals surface area (Å²) in [6.07, 6.45) is 1.63. The van der Waals surface area contributed by atoms with Gasteiger partial charge in [0.15, 0.2) is 5.58 Å². The lowest BCUT2D eigenvalue weighted by molar-refractivity contribution is -0.384. The fraction of sp³-hybridized carbons (Fsp3) is 0. The number of benzene rings is 1. The molecule has 2 heterocycles. The predicted octanol–water partition coefficient (Wildman–Crippen LogP) is 2.87. The van der Waals surface area contributed by atoms with Crippen molar-refractivity contribution in [1.29, 1.82) is 0 Å². The van der Waals surface area contributed by atoms with Crippen molar-refractivity contribution in [3.8, 4) is 0 Å². The van der Waals surface area contributed by atoms with Gasteiger partial charge in [-0.25, -0.2) is 4.98 Å². The summed E-state index contributed by atoms with van der Waals surface area (Å²) < 4.78 is 5.40. The largest absolute Gasteiger partial charge is 0.423 e. The van der Waals surface area contributed by atoms with Gasteiger partial charge in [-0.1, -0.05) is 6.07 Å². The molecule has 0 atom stereocenters. The first-order valence-electron chi connectivity index (χ1n) is 5.45. The van der Waals surface area contributed by atoms with Crippen LogP contribution in [0.3, 0.4) is 0 Å². The highest BCUT2D eigenvalue weighted by Gasteiger charge is 2.11. The summed E-state index contributed by atoms with van der Waals surface area (Å²) in [5.74, 6) is 0.587. The molecular weight excluding hydrogens is 248 g/mol. The summed E-state index contributed by atoms with van der Waals surface area (Å²) >= 11 is 0. The molecule has 0 bridgehead atoms. The number of anilines is 2. The monoisotopic (exact) mass is 256 g/mol. The summed E-state index contributed by atoms with van der Waals surface area (Å²) in [6, 6.07) is 9.89. The number of nitrogens with zero attached hydrogens (tertiary/aromatic N) is 3. The van der Waals surface area contributed by atoms with Crippen molar-refractivity contribution < 1.29 is 9.34 Å². The zero-order valence-electron chi connectivity index (χ0n) is 9.61. The van der Waals surface area contributed by atoms with Crippen LogP contribution in [0.1, 0.15) is 0 Å². The van der Waals surface area contributed by atoms with Crippen molar-refractivity contribution in [1.82, 2.24) is 9.97 Å². The van der Waals surface area contributed by atoms with E-state index in [0.717, 1.165) is 0 Å². The number of nitro groups is 1. The molecule has 3 aromatic rings. The minimum absolute atomic E-state index is 0.0342. The van der Waals surface area contributed by atoms with Crippen LogP contribution in [0.15, 0.2) is 47.0 Å². The summed E-state index contributed by atoms with van der Waals surface area (Å²) in [5, 5.41) is 13.5. The quantitative estimate of drug-likeness (QED) is 0.572. The van der Waals surface area contributed by atoms with Crippen molar-refractivity contribution in [2.24, 2.45) is 0 Å². The molecule has 0 radical (unpaired) electrons. The van der Waals surface area contributed by atoms with Gasteiger partial charge in [-0.3, -0.25) is 15.4 Å². The van der Waals surface area contributed by atoms with Crippen LogP contribution in [0.25, 0.3) is 11.1 Å². The first kappa shape index (κ1) is 11.1. The molecule has 0 aliphatic heterocycles. The van der Waals surface area contributed by atoms with E-state index in [2.05, 4.69) is 15.3 Å². The molecule has 7 heteroatoms. The van der Waals surface area contributed by atoms with Crippen molar-refractivity contribution in [3.05, 3.63) is 52.7 Å². The zero-order chi connectivity index (χ0) is 13.2. The smallest absolute Gasteiger partial charge is 0.301 e. The summed E-state index contributed by atoms with van der Waals surface area (Å²) in [7, 11) is 0. The van der Waals surface area contributed by atoms with Crippen molar-refractivity contribution in [2.75, 3.05) is 5.32 Å². The molecule has 3 rings (SSSR count). The molecule has 0 fully saturated rings. The van der Waals surface area contributed by atoms with E-state index in [1.807, 2.05) is 6.07 Å². The average Bonchev–Trinajstić information content (AvgIpc) is 2.80. The molecule has 0 amide bonds. The topological polar surface area (TPSA) is 94.1 Å². The lowest BCUT2D eigenvalue weighted by Gasteiger charge is -1.97. The fourth-order valence-electron chi connectivity index (χ4n) is 1.63. The van der Waals surface area contributed by atoms with E-state index in [1.165, 1.54) is 12.1 Å². The van der Waals surface area contributed by atoms with Gasteiger partial charge in [0.25, 0.3) is 5.69 Å². The predicted molar refractivity (Wildman–Crippen MR) is 68.2 cm³/mol. The average molecular weight is 256 g/mol. The van der Waals surface area contributed by atoms with Gasteiger partial charge in [-0.2, -0.15) is 4.98 Å². The third kappa shape index (κ3) is 2.21. The second kappa shape index (κ2) is 4.37. The lowest BCUT2D eigenvalue weighted by Crippen LogP contribution is -1.91. The Morgan fingerprint density at radius 2 is 2.16 bits per heavy atom. The maximum atomic E-state index is 10.7. The number of hydrogen-bond acceptors (Lipinski definition) is 6. The van der Waals surface area contributed by atoms with Crippen molar-refractivity contribution >= 4 is 28.6 Å². The first-order valence-corrected chi connectivity index (χ1v) is 5.45. The van der Waals surface area contributed by atoms with Gasteiger partial charge >= 0.3 is 6.01 Å². The van der Waals surface area contributed by atoms with Crippen LogP contribution in [-0.2, 0) is 0 Å². The Bertz CT molecular complexity index is 739. The minimum Gasteiger partial charge on any atom is -0.423 e. The third-order valence-electron chi connectivity index (χ3n) is 2.48. The number of fused-ring (bicyclic) bond motifs is 1. The van der Waals surface area contributed by atoms with Gasteiger partial charge in [-0.05, 0) is 18.2 Å². The molecule has 0 aliphatic rings. The molecule has 1 N–H and O–H groups in total. The third-order valence-corrected chi connectivity index (χ3v) is 2.48. The molecule has 1 aromatic carbocycles. The van der Waals surface area contributed by atoms with Crippen molar-refractivity contribution in [3.63, 3.8) is 0 Å². The van der Waals surface area contributed by atoms with E-state index in [0.29, 0.717) is 16.9 Å². The van der Waals surface area contributed by atoms with E-state index >= 15 is 0 Å². The van der Waals surface area contributed by atoms with Crippen LogP contribution in [0.2, 0.25) is 0 Å². The molecule has 0 unspecified atom stereocenters. The molecule has 0 saturated carbocycles. The number of non-ortho nitro benzene ring substituents is 1. The van der Waals surface area contributed by atoms with E-state index < -0.39 is 4.92 Å². The highest BCUT2D eigenvalue weighted by molar-refractivity contribution is 5.77. The number of oxazole rings is 1. The van der Waals surface area contributed by atoms with Gasteiger partial charge in [0.05, 0.1) is 11.0 Å². The number of nitro benzene ring substituents is 1.